The standard InChI is InChI=1S/C24H29NO4/c1-28-18-11-12-19(21(16-18)29-2)22-20-10-6-7-13-24(20,27)14-15-25(22)23(26)17-8-4-3-5-9-17/h3-5,8-9,11-12,16,20,22,27H,6-7,10,13-15H2,1-2H3/t20-,22-,24+/m1/s1. The van der Waals surface area contributed by atoms with Gasteiger partial charge in [0.2, 0.25) is 0 Å². The van der Waals surface area contributed by atoms with E-state index < -0.39 is 5.60 Å². The van der Waals surface area contributed by atoms with Crippen LogP contribution < -0.4 is 9.47 Å². The Morgan fingerprint density at radius 3 is 2.59 bits per heavy atom. The number of hydrogen-bond acceptors (Lipinski definition) is 4. The molecule has 1 heterocycles. The topological polar surface area (TPSA) is 59.0 Å². The van der Waals surface area contributed by atoms with Gasteiger partial charge in [-0.25, -0.2) is 0 Å². The van der Waals surface area contributed by atoms with Crippen LogP contribution in [0.5, 0.6) is 11.5 Å². The van der Waals surface area contributed by atoms with Gasteiger partial charge >= 0.3 is 0 Å². The molecule has 0 bridgehead atoms. The summed E-state index contributed by atoms with van der Waals surface area (Å²) >= 11 is 0. The van der Waals surface area contributed by atoms with Crippen molar-refractivity contribution in [2.75, 3.05) is 20.8 Å². The maximum Gasteiger partial charge on any atom is 0.254 e. The van der Waals surface area contributed by atoms with Crippen LogP contribution in [0.25, 0.3) is 0 Å². The molecule has 2 fully saturated rings. The minimum absolute atomic E-state index is 0.00101. The molecule has 2 aliphatic rings. The summed E-state index contributed by atoms with van der Waals surface area (Å²) in [5, 5.41) is 11.5. The summed E-state index contributed by atoms with van der Waals surface area (Å²) in [6, 6.07) is 14.9. The molecule has 3 atom stereocenters. The summed E-state index contributed by atoms with van der Waals surface area (Å²) in [5.41, 5.74) is 0.871. The Labute approximate surface area is 172 Å². The molecule has 0 radical (unpaired) electrons. The van der Waals surface area contributed by atoms with Crippen molar-refractivity contribution < 1.29 is 19.4 Å². The highest BCUT2D eigenvalue weighted by Crippen LogP contribution is 2.51. The van der Waals surface area contributed by atoms with Crippen LogP contribution >= 0.6 is 0 Å². The van der Waals surface area contributed by atoms with Crippen molar-refractivity contribution in [2.24, 2.45) is 5.92 Å². The van der Waals surface area contributed by atoms with Crippen LogP contribution in [0.15, 0.2) is 48.5 Å². The number of ether oxygens (including phenoxy) is 2. The van der Waals surface area contributed by atoms with Gasteiger partial charge in [-0.2, -0.15) is 0 Å². The Hall–Kier alpha value is -2.53. The van der Waals surface area contributed by atoms with E-state index in [1.54, 1.807) is 14.2 Å². The van der Waals surface area contributed by atoms with Gasteiger partial charge in [0.15, 0.2) is 0 Å². The minimum atomic E-state index is -0.735. The van der Waals surface area contributed by atoms with Crippen LogP contribution in [0.2, 0.25) is 0 Å². The predicted octanol–water partition coefficient (Wildman–Crippen LogP) is 4.21. The molecule has 1 saturated heterocycles. The van der Waals surface area contributed by atoms with E-state index in [-0.39, 0.29) is 17.9 Å². The second kappa shape index (κ2) is 8.07. The summed E-state index contributed by atoms with van der Waals surface area (Å²) in [5.74, 6) is 1.39. The SMILES string of the molecule is COc1ccc([C@@H]2[C@H]3CCCC[C@]3(O)CCN2C(=O)c2ccccc2)c(OC)c1. The highest BCUT2D eigenvalue weighted by molar-refractivity contribution is 5.94. The van der Waals surface area contributed by atoms with Crippen molar-refractivity contribution in [3.63, 3.8) is 0 Å². The van der Waals surface area contributed by atoms with E-state index in [9.17, 15) is 9.90 Å². The van der Waals surface area contributed by atoms with Crippen molar-refractivity contribution in [1.82, 2.24) is 4.90 Å². The van der Waals surface area contributed by atoms with Crippen molar-refractivity contribution >= 4 is 5.91 Å². The van der Waals surface area contributed by atoms with Gasteiger partial charge in [-0.05, 0) is 43.5 Å². The molecule has 0 aromatic heterocycles. The highest BCUT2D eigenvalue weighted by Gasteiger charge is 2.50. The van der Waals surface area contributed by atoms with Gasteiger partial charge in [-0.3, -0.25) is 4.79 Å². The maximum absolute atomic E-state index is 13.5. The Morgan fingerprint density at radius 1 is 1.07 bits per heavy atom. The molecule has 1 aliphatic carbocycles. The fourth-order valence-corrected chi connectivity index (χ4v) is 5.10. The van der Waals surface area contributed by atoms with Gasteiger partial charge in [0, 0.05) is 29.7 Å². The number of methoxy groups -OCH3 is 2. The zero-order valence-electron chi connectivity index (χ0n) is 17.1. The van der Waals surface area contributed by atoms with Crippen molar-refractivity contribution in [3.05, 3.63) is 59.7 Å². The number of nitrogens with zero attached hydrogens (tertiary/aromatic N) is 1. The Morgan fingerprint density at radius 2 is 1.86 bits per heavy atom. The van der Waals surface area contributed by atoms with Crippen LogP contribution in [0.4, 0.5) is 0 Å². The second-order valence-corrected chi connectivity index (χ2v) is 8.12. The molecule has 1 aliphatic heterocycles. The first kappa shape index (κ1) is 19.8. The molecule has 29 heavy (non-hydrogen) atoms. The smallest absolute Gasteiger partial charge is 0.254 e. The van der Waals surface area contributed by atoms with Crippen LogP contribution in [0.3, 0.4) is 0 Å². The number of carbonyl (C=O) groups is 1. The zero-order chi connectivity index (χ0) is 20.4. The van der Waals surface area contributed by atoms with Gasteiger partial charge in [0.25, 0.3) is 5.91 Å². The fourth-order valence-electron chi connectivity index (χ4n) is 5.10. The third-order valence-electron chi connectivity index (χ3n) is 6.61. The number of piperidine rings is 1. The molecule has 2 aromatic rings. The number of aliphatic hydroxyl groups is 1. The first-order chi connectivity index (χ1) is 14.1. The molecule has 0 spiro atoms. The third kappa shape index (κ3) is 3.60. The fraction of sp³-hybridized carbons (Fsp3) is 0.458. The number of fused-ring (bicyclic) bond motifs is 1. The first-order valence-corrected chi connectivity index (χ1v) is 10.4. The Bertz CT molecular complexity index is 868. The normalized spacial score (nSPS) is 26.5. The number of amides is 1. The first-order valence-electron chi connectivity index (χ1n) is 10.4. The van der Waals surface area contributed by atoms with Crippen molar-refractivity contribution in [3.8, 4) is 11.5 Å². The lowest BCUT2D eigenvalue weighted by atomic mass is 9.66. The van der Waals surface area contributed by atoms with Gasteiger partial charge in [-0.15, -0.1) is 0 Å². The van der Waals surface area contributed by atoms with Crippen LogP contribution in [0.1, 0.15) is 54.1 Å². The van der Waals surface area contributed by atoms with Crippen molar-refractivity contribution in [1.29, 1.82) is 0 Å². The summed E-state index contributed by atoms with van der Waals surface area (Å²) in [6.45, 7) is 0.528. The quantitative estimate of drug-likeness (QED) is 0.842. The number of hydrogen-bond donors (Lipinski definition) is 1. The van der Waals surface area contributed by atoms with E-state index in [0.29, 0.717) is 30.0 Å². The monoisotopic (exact) mass is 395 g/mol. The summed E-state index contributed by atoms with van der Waals surface area (Å²) in [7, 11) is 3.26. The molecular weight excluding hydrogens is 366 g/mol. The van der Waals surface area contributed by atoms with E-state index in [2.05, 4.69) is 0 Å². The van der Waals surface area contributed by atoms with Crippen LogP contribution in [0, 0.1) is 5.92 Å². The molecule has 1 amide bonds. The lowest BCUT2D eigenvalue weighted by Gasteiger charge is -2.52. The largest absolute Gasteiger partial charge is 0.497 e. The average molecular weight is 395 g/mol. The number of rotatable bonds is 4. The van der Waals surface area contributed by atoms with E-state index in [0.717, 1.165) is 31.2 Å². The lowest BCUT2D eigenvalue weighted by Crippen LogP contribution is -2.56. The van der Waals surface area contributed by atoms with Gasteiger partial charge in [0.05, 0.1) is 25.9 Å². The molecular formula is C24H29NO4. The molecule has 0 unspecified atom stereocenters. The van der Waals surface area contributed by atoms with Crippen LogP contribution in [-0.4, -0.2) is 42.3 Å². The molecule has 154 valence electrons. The van der Waals surface area contributed by atoms with Gasteiger partial charge in [0.1, 0.15) is 11.5 Å². The average Bonchev–Trinajstić information content (AvgIpc) is 2.77. The molecule has 4 rings (SSSR count). The number of carbonyl (C=O) groups excluding carboxylic acids is 1. The highest BCUT2D eigenvalue weighted by atomic mass is 16.5. The van der Waals surface area contributed by atoms with E-state index >= 15 is 0 Å². The number of benzene rings is 2. The summed E-state index contributed by atoms with van der Waals surface area (Å²) in [4.78, 5) is 15.4. The van der Waals surface area contributed by atoms with Gasteiger partial charge < -0.3 is 19.5 Å². The minimum Gasteiger partial charge on any atom is -0.497 e. The summed E-state index contributed by atoms with van der Waals surface area (Å²) in [6.07, 6.45) is 4.40. The van der Waals surface area contributed by atoms with Crippen molar-refractivity contribution in [2.45, 2.75) is 43.7 Å². The maximum atomic E-state index is 13.5. The molecule has 5 nitrogen and oxygen atoms in total. The predicted molar refractivity (Wildman–Crippen MR) is 111 cm³/mol. The van der Waals surface area contributed by atoms with E-state index in [1.807, 2.05) is 53.4 Å². The zero-order valence-corrected chi connectivity index (χ0v) is 17.1. The van der Waals surface area contributed by atoms with Crippen LogP contribution in [-0.2, 0) is 0 Å². The number of likely N-dealkylation sites (tertiary alicyclic amines) is 1. The van der Waals surface area contributed by atoms with E-state index in [4.69, 9.17) is 9.47 Å². The molecule has 1 saturated carbocycles. The molecule has 1 N–H and O–H groups in total. The Kier molecular flexibility index (Phi) is 5.50. The Balaban J connectivity index is 1.80. The summed E-state index contributed by atoms with van der Waals surface area (Å²) < 4.78 is 11.0. The van der Waals surface area contributed by atoms with E-state index in [1.165, 1.54) is 0 Å². The third-order valence-corrected chi connectivity index (χ3v) is 6.61. The molecule has 2 aromatic carbocycles. The molecule has 5 heteroatoms. The second-order valence-electron chi connectivity index (χ2n) is 8.12. The van der Waals surface area contributed by atoms with Gasteiger partial charge in [-0.1, -0.05) is 31.0 Å². The lowest BCUT2D eigenvalue weighted by molar-refractivity contribution is -0.115.